The van der Waals surface area contributed by atoms with Gasteiger partial charge in [0.2, 0.25) is 0 Å². The molecule has 0 radical (unpaired) electrons. The highest BCUT2D eigenvalue weighted by atomic mass is 32.1. The van der Waals surface area contributed by atoms with Gasteiger partial charge in [-0.3, -0.25) is 0 Å². The predicted molar refractivity (Wildman–Crippen MR) is 81.4 cm³/mol. The summed E-state index contributed by atoms with van der Waals surface area (Å²) in [5, 5.41) is 7.25. The van der Waals surface area contributed by atoms with Crippen molar-refractivity contribution in [3.8, 4) is 0 Å². The first kappa shape index (κ1) is 14.8. The summed E-state index contributed by atoms with van der Waals surface area (Å²) in [4.78, 5) is 1.72. The molecule has 4 atom stereocenters. The van der Waals surface area contributed by atoms with Crippen LogP contribution in [0.5, 0.6) is 0 Å². The molecular weight excluding hydrogens is 258 g/mol. The fraction of sp³-hybridized carbons (Fsp3) is 0.786. The minimum atomic E-state index is 0.686. The highest BCUT2D eigenvalue weighted by molar-refractivity contribution is 7.80. The Morgan fingerprint density at radius 3 is 3.00 bits per heavy atom. The summed E-state index contributed by atoms with van der Waals surface area (Å²) >= 11 is 5.26. The van der Waals surface area contributed by atoms with Crippen molar-refractivity contribution in [2.75, 3.05) is 39.9 Å². The van der Waals surface area contributed by atoms with Crippen molar-refractivity contribution < 1.29 is 9.64 Å². The molecule has 0 aromatic heterocycles. The van der Waals surface area contributed by atoms with Crippen LogP contribution in [0.1, 0.15) is 12.8 Å². The normalized spacial score (nSPS) is 32.9. The number of ether oxygens (including phenoxy) is 1. The van der Waals surface area contributed by atoms with Crippen LogP contribution in [0.15, 0.2) is 12.7 Å². The quantitative estimate of drug-likeness (QED) is 0.352. The number of thiocarbonyl (C=S) groups is 1. The van der Waals surface area contributed by atoms with Crippen LogP contribution < -0.4 is 15.5 Å². The zero-order valence-electron chi connectivity index (χ0n) is 11.8. The van der Waals surface area contributed by atoms with Gasteiger partial charge in [-0.15, -0.1) is 6.58 Å². The minimum Gasteiger partial charge on any atom is -0.383 e. The Kier molecular flexibility index (Phi) is 5.60. The largest absolute Gasteiger partial charge is 0.383 e. The number of quaternary nitrogens is 1. The highest BCUT2D eigenvalue weighted by Gasteiger charge is 2.41. The third-order valence-corrected chi connectivity index (χ3v) is 4.80. The van der Waals surface area contributed by atoms with E-state index in [1.54, 1.807) is 12.0 Å². The van der Waals surface area contributed by atoms with E-state index in [0.717, 1.165) is 30.0 Å². The Bertz CT molecular complexity index is 324. The van der Waals surface area contributed by atoms with E-state index in [-0.39, 0.29) is 0 Å². The summed E-state index contributed by atoms with van der Waals surface area (Å²) < 4.78 is 4.99. The molecule has 0 aliphatic carbocycles. The van der Waals surface area contributed by atoms with Gasteiger partial charge in [-0.05, 0) is 18.1 Å². The lowest BCUT2D eigenvalue weighted by Crippen LogP contribution is -3.20. The number of fused-ring (bicyclic) bond motifs is 3. The second kappa shape index (κ2) is 7.22. The van der Waals surface area contributed by atoms with Crippen molar-refractivity contribution in [3.05, 3.63) is 12.7 Å². The molecule has 4 nitrogen and oxygen atoms in total. The van der Waals surface area contributed by atoms with Crippen LogP contribution in [0.25, 0.3) is 0 Å². The van der Waals surface area contributed by atoms with Crippen molar-refractivity contribution in [1.29, 1.82) is 0 Å². The Morgan fingerprint density at radius 1 is 1.53 bits per heavy atom. The van der Waals surface area contributed by atoms with Crippen LogP contribution in [-0.4, -0.2) is 51.0 Å². The predicted octanol–water partition coefficient (Wildman–Crippen LogP) is -0.424. The van der Waals surface area contributed by atoms with E-state index in [9.17, 15) is 0 Å². The van der Waals surface area contributed by atoms with Gasteiger partial charge in [0.25, 0.3) is 0 Å². The summed E-state index contributed by atoms with van der Waals surface area (Å²) in [6.45, 7) is 8.97. The summed E-state index contributed by atoms with van der Waals surface area (Å²) in [6.07, 6.45) is 4.82. The van der Waals surface area contributed by atoms with E-state index in [0.29, 0.717) is 12.6 Å². The van der Waals surface area contributed by atoms with Gasteiger partial charge in [0, 0.05) is 32.4 Å². The molecule has 3 heterocycles. The maximum atomic E-state index is 5.26. The van der Waals surface area contributed by atoms with Gasteiger partial charge in [0.05, 0.1) is 26.2 Å². The second-order valence-electron chi connectivity index (χ2n) is 5.62. The van der Waals surface area contributed by atoms with E-state index < -0.39 is 0 Å². The van der Waals surface area contributed by atoms with Gasteiger partial charge in [-0.1, -0.05) is 6.08 Å². The summed E-state index contributed by atoms with van der Waals surface area (Å²) in [6, 6.07) is 0.706. The Morgan fingerprint density at radius 2 is 2.37 bits per heavy atom. The molecule has 1 unspecified atom stereocenters. The first-order chi connectivity index (χ1) is 9.24. The maximum absolute atomic E-state index is 5.26. The molecule has 0 amide bonds. The Labute approximate surface area is 121 Å². The standard InChI is InChI=1S/C14H25N3OS/c1-3-11-10-17-6-4-12(11)8-13(17)9-16-14(19)15-5-7-18-2/h3,11-13H,1,4-10H2,2H3,(H2,15,16,19)/p+1/t11-,12-,13+/m0/s1. The number of hydrogen-bond acceptors (Lipinski definition) is 2. The fourth-order valence-electron chi connectivity index (χ4n) is 3.40. The Hall–Kier alpha value is -0.650. The summed E-state index contributed by atoms with van der Waals surface area (Å²) in [5.41, 5.74) is 0. The van der Waals surface area contributed by atoms with Crippen LogP contribution in [0.4, 0.5) is 0 Å². The van der Waals surface area contributed by atoms with Crippen LogP contribution in [-0.2, 0) is 4.74 Å². The van der Waals surface area contributed by atoms with Crippen molar-refractivity contribution in [1.82, 2.24) is 10.6 Å². The van der Waals surface area contributed by atoms with E-state index in [2.05, 4.69) is 23.3 Å². The average molecular weight is 284 g/mol. The molecule has 3 N–H and O–H groups in total. The molecular formula is C14H26N3OS+. The molecule has 3 rings (SSSR count). The van der Waals surface area contributed by atoms with E-state index >= 15 is 0 Å². The van der Waals surface area contributed by atoms with Crippen molar-refractivity contribution in [2.45, 2.75) is 18.9 Å². The number of nitrogens with one attached hydrogen (secondary N) is 3. The van der Waals surface area contributed by atoms with Crippen LogP contribution in [0, 0.1) is 11.8 Å². The molecule has 3 aliphatic rings. The van der Waals surface area contributed by atoms with E-state index in [4.69, 9.17) is 17.0 Å². The monoisotopic (exact) mass is 284 g/mol. The third-order valence-electron chi connectivity index (χ3n) is 4.51. The third kappa shape index (κ3) is 3.91. The number of piperidine rings is 3. The fourth-order valence-corrected chi connectivity index (χ4v) is 3.59. The lowest BCUT2D eigenvalue weighted by molar-refractivity contribution is -0.944. The molecule has 3 aliphatic heterocycles. The van der Waals surface area contributed by atoms with Crippen LogP contribution in [0.2, 0.25) is 0 Å². The van der Waals surface area contributed by atoms with Crippen molar-refractivity contribution in [3.63, 3.8) is 0 Å². The lowest BCUT2D eigenvalue weighted by atomic mass is 9.76. The smallest absolute Gasteiger partial charge is 0.166 e. The van der Waals surface area contributed by atoms with Crippen molar-refractivity contribution in [2.24, 2.45) is 11.8 Å². The van der Waals surface area contributed by atoms with Gasteiger partial charge in [-0.2, -0.15) is 0 Å². The number of methoxy groups -OCH3 is 1. The number of rotatable bonds is 6. The van der Waals surface area contributed by atoms with Gasteiger partial charge >= 0.3 is 0 Å². The highest BCUT2D eigenvalue weighted by Crippen LogP contribution is 2.27. The zero-order chi connectivity index (χ0) is 13.7. The average Bonchev–Trinajstić information content (AvgIpc) is 2.46. The second-order valence-corrected chi connectivity index (χ2v) is 6.03. The van der Waals surface area contributed by atoms with Gasteiger partial charge in [0.1, 0.15) is 6.04 Å². The zero-order valence-corrected chi connectivity index (χ0v) is 12.6. The molecule has 0 saturated carbocycles. The Balaban J connectivity index is 1.70. The molecule has 3 saturated heterocycles. The van der Waals surface area contributed by atoms with E-state index in [1.165, 1.54) is 25.9 Å². The topological polar surface area (TPSA) is 37.7 Å². The van der Waals surface area contributed by atoms with Gasteiger partial charge < -0.3 is 20.3 Å². The SMILES string of the molecule is C=C[C@H]1C[NH+]2CC[C@H]1C[C@@H]2CNC(=S)NCCOC. The molecule has 5 heteroatoms. The minimum absolute atomic E-state index is 0.686. The molecule has 0 aromatic rings. The van der Waals surface area contributed by atoms with Crippen LogP contribution in [0.3, 0.4) is 0 Å². The molecule has 108 valence electrons. The summed E-state index contributed by atoms with van der Waals surface area (Å²) in [5.74, 6) is 1.57. The number of hydrogen-bond donors (Lipinski definition) is 3. The lowest BCUT2D eigenvalue weighted by Gasteiger charge is -2.46. The van der Waals surface area contributed by atoms with E-state index in [1.807, 2.05) is 0 Å². The maximum Gasteiger partial charge on any atom is 0.166 e. The molecule has 3 fully saturated rings. The first-order valence-electron chi connectivity index (χ1n) is 7.22. The molecule has 0 spiro atoms. The van der Waals surface area contributed by atoms with Gasteiger partial charge in [0.15, 0.2) is 5.11 Å². The summed E-state index contributed by atoms with van der Waals surface area (Å²) in [7, 11) is 1.70. The van der Waals surface area contributed by atoms with Crippen molar-refractivity contribution >= 4 is 17.3 Å². The molecule has 0 aromatic carbocycles. The molecule has 2 bridgehead atoms. The van der Waals surface area contributed by atoms with Gasteiger partial charge in [-0.25, -0.2) is 0 Å². The van der Waals surface area contributed by atoms with Crippen LogP contribution >= 0.6 is 12.2 Å². The first-order valence-corrected chi connectivity index (χ1v) is 7.63. The molecule has 19 heavy (non-hydrogen) atoms.